The zero-order chi connectivity index (χ0) is 18.5. The smallest absolute Gasteiger partial charge is 0.274 e. The second-order valence-corrected chi connectivity index (χ2v) is 6.29. The zero-order valence-electron chi connectivity index (χ0n) is 14.8. The Hall–Kier alpha value is -2.45. The van der Waals surface area contributed by atoms with Gasteiger partial charge in [-0.3, -0.25) is 9.59 Å². The van der Waals surface area contributed by atoms with Crippen molar-refractivity contribution >= 4 is 24.2 Å². The molecule has 1 aromatic carbocycles. The first-order valence-electron chi connectivity index (χ1n) is 8.67. The predicted octanol–water partition coefficient (Wildman–Crippen LogP) is 1.36. The number of amides is 2. The fraction of sp³-hybridized carbons (Fsp3) is 0.389. The number of likely N-dealkylation sites (tertiary alicyclic amines) is 1. The van der Waals surface area contributed by atoms with Gasteiger partial charge in [-0.2, -0.15) is 5.10 Å². The van der Waals surface area contributed by atoms with Crippen molar-refractivity contribution in [2.24, 2.45) is 11.7 Å². The summed E-state index contributed by atoms with van der Waals surface area (Å²) in [6, 6.07) is 7.50. The molecule has 2 amide bonds. The minimum absolute atomic E-state index is 0. The van der Waals surface area contributed by atoms with E-state index in [4.69, 9.17) is 5.73 Å². The molecule has 1 aliphatic heterocycles. The number of carbonyl (C=O) groups excluding carboxylic acids is 2. The quantitative estimate of drug-likeness (QED) is 0.799. The van der Waals surface area contributed by atoms with E-state index in [9.17, 15) is 14.0 Å². The fourth-order valence-corrected chi connectivity index (χ4v) is 3.05. The summed E-state index contributed by atoms with van der Waals surface area (Å²) < 4.78 is 14.6. The van der Waals surface area contributed by atoms with E-state index in [0.29, 0.717) is 37.6 Å². The van der Waals surface area contributed by atoms with Crippen LogP contribution in [0.15, 0.2) is 36.5 Å². The van der Waals surface area contributed by atoms with Crippen LogP contribution in [0.3, 0.4) is 0 Å². The van der Waals surface area contributed by atoms with Gasteiger partial charge in [-0.1, -0.05) is 0 Å². The summed E-state index contributed by atoms with van der Waals surface area (Å²) in [5.74, 6) is -0.824. The number of piperidine rings is 1. The lowest BCUT2D eigenvalue weighted by atomic mass is 9.97. The lowest BCUT2D eigenvalue weighted by Crippen LogP contribution is -2.46. The van der Waals surface area contributed by atoms with E-state index in [1.807, 2.05) is 0 Å². The number of nitrogens with two attached hydrogens (primary N) is 1. The molecule has 0 spiro atoms. The Balaban J connectivity index is 0.00000261. The molecule has 3 rings (SSSR count). The Morgan fingerprint density at radius 3 is 2.70 bits per heavy atom. The van der Waals surface area contributed by atoms with Gasteiger partial charge in [-0.05, 0) is 43.2 Å². The normalized spacial score (nSPS) is 16.5. The number of nitrogens with one attached hydrogen (secondary N) is 1. The highest BCUT2D eigenvalue weighted by molar-refractivity contribution is 5.93. The van der Waals surface area contributed by atoms with E-state index in [1.165, 1.54) is 16.8 Å². The minimum Gasteiger partial charge on any atom is -0.355 e. The standard InChI is InChI=1S/C18H22FN5O2.ClH/c19-14-3-5-15(6-4-14)24-11-7-16(22-24)18(26)23-10-1-2-13(12-23)17(25)21-9-8-20;/h3-7,11,13H,1-2,8-10,12,20H2,(H,21,25);1H. The highest BCUT2D eigenvalue weighted by Crippen LogP contribution is 2.19. The molecule has 7 nitrogen and oxygen atoms in total. The highest BCUT2D eigenvalue weighted by Gasteiger charge is 2.29. The third kappa shape index (κ3) is 5.05. The van der Waals surface area contributed by atoms with E-state index < -0.39 is 0 Å². The van der Waals surface area contributed by atoms with Crippen LogP contribution in [0, 0.1) is 11.7 Å². The first kappa shape index (κ1) is 20.9. The zero-order valence-corrected chi connectivity index (χ0v) is 15.6. The Bertz CT molecular complexity index is 780. The molecule has 146 valence electrons. The summed E-state index contributed by atoms with van der Waals surface area (Å²) in [5, 5.41) is 7.07. The monoisotopic (exact) mass is 395 g/mol. The molecule has 0 bridgehead atoms. The summed E-state index contributed by atoms with van der Waals surface area (Å²) in [6.07, 6.45) is 3.19. The summed E-state index contributed by atoms with van der Waals surface area (Å²) in [5.41, 5.74) is 6.38. The van der Waals surface area contributed by atoms with Crippen LogP contribution in [0.5, 0.6) is 0 Å². The Morgan fingerprint density at radius 1 is 1.26 bits per heavy atom. The van der Waals surface area contributed by atoms with E-state index in [-0.39, 0.29) is 36.0 Å². The van der Waals surface area contributed by atoms with Crippen LogP contribution in [0.25, 0.3) is 5.69 Å². The molecule has 1 aliphatic rings. The van der Waals surface area contributed by atoms with Gasteiger partial charge in [0, 0.05) is 32.4 Å². The van der Waals surface area contributed by atoms with Crippen LogP contribution in [0.2, 0.25) is 0 Å². The molecular formula is C18H23ClFN5O2. The van der Waals surface area contributed by atoms with Crippen molar-refractivity contribution in [3.8, 4) is 5.69 Å². The molecule has 1 unspecified atom stereocenters. The fourth-order valence-electron chi connectivity index (χ4n) is 3.05. The maximum atomic E-state index is 13.0. The molecule has 1 aromatic heterocycles. The van der Waals surface area contributed by atoms with Crippen LogP contribution < -0.4 is 11.1 Å². The van der Waals surface area contributed by atoms with Gasteiger partial charge in [0.25, 0.3) is 5.91 Å². The largest absolute Gasteiger partial charge is 0.355 e. The van der Waals surface area contributed by atoms with E-state index >= 15 is 0 Å². The number of halogens is 2. The molecule has 2 heterocycles. The molecule has 0 radical (unpaired) electrons. The molecule has 3 N–H and O–H groups in total. The number of benzene rings is 1. The number of hydrogen-bond donors (Lipinski definition) is 2. The van der Waals surface area contributed by atoms with Gasteiger partial charge in [0.1, 0.15) is 5.82 Å². The van der Waals surface area contributed by atoms with Crippen molar-refractivity contribution in [1.82, 2.24) is 20.0 Å². The van der Waals surface area contributed by atoms with Crippen molar-refractivity contribution in [2.45, 2.75) is 12.8 Å². The topological polar surface area (TPSA) is 93.3 Å². The van der Waals surface area contributed by atoms with Crippen LogP contribution in [0.4, 0.5) is 4.39 Å². The maximum absolute atomic E-state index is 13.0. The minimum atomic E-state index is -0.329. The number of rotatable bonds is 5. The van der Waals surface area contributed by atoms with Crippen molar-refractivity contribution in [2.75, 3.05) is 26.2 Å². The highest BCUT2D eigenvalue weighted by atomic mass is 35.5. The van der Waals surface area contributed by atoms with Crippen LogP contribution in [-0.4, -0.2) is 52.7 Å². The van der Waals surface area contributed by atoms with Crippen LogP contribution >= 0.6 is 12.4 Å². The Kier molecular flexibility index (Phi) is 7.32. The third-order valence-electron chi connectivity index (χ3n) is 4.42. The molecule has 0 saturated carbocycles. The molecule has 1 saturated heterocycles. The van der Waals surface area contributed by atoms with E-state index in [2.05, 4.69) is 10.4 Å². The Morgan fingerprint density at radius 2 is 2.00 bits per heavy atom. The number of hydrogen-bond acceptors (Lipinski definition) is 4. The number of nitrogens with zero attached hydrogens (tertiary/aromatic N) is 3. The van der Waals surface area contributed by atoms with Gasteiger partial charge in [-0.25, -0.2) is 9.07 Å². The first-order chi connectivity index (χ1) is 12.6. The lowest BCUT2D eigenvalue weighted by molar-refractivity contribution is -0.126. The van der Waals surface area contributed by atoms with Crippen molar-refractivity contribution in [1.29, 1.82) is 0 Å². The van der Waals surface area contributed by atoms with E-state index in [0.717, 1.165) is 12.8 Å². The van der Waals surface area contributed by atoms with Crippen molar-refractivity contribution in [3.05, 3.63) is 48.0 Å². The molecule has 27 heavy (non-hydrogen) atoms. The summed E-state index contributed by atoms with van der Waals surface area (Å²) in [6.45, 7) is 1.80. The SMILES string of the molecule is Cl.NCCNC(=O)C1CCCN(C(=O)c2ccn(-c3ccc(F)cc3)n2)C1. The first-order valence-corrected chi connectivity index (χ1v) is 8.67. The predicted molar refractivity (Wildman–Crippen MR) is 101 cm³/mol. The van der Waals surface area contributed by atoms with Crippen molar-refractivity contribution in [3.63, 3.8) is 0 Å². The van der Waals surface area contributed by atoms with Crippen molar-refractivity contribution < 1.29 is 14.0 Å². The van der Waals surface area contributed by atoms with Gasteiger partial charge in [0.2, 0.25) is 5.91 Å². The van der Waals surface area contributed by atoms with Gasteiger partial charge in [-0.15, -0.1) is 12.4 Å². The second-order valence-electron chi connectivity index (χ2n) is 6.29. The summed E-state index contributed by atoms with van der Waals surface area (Å²) in [4.78, 5) is 26.5. The van der Waals surface area contributed by atoms with Crippen LogP contribution in [-0.2, 0) is 4.79 Å². The van der Waals surface area contributed by atoms with Gasteiger partial charge >= 0.3 is 0 Å². The summed E-state index contributed by atoms with van der Waals surface area (Å²) in [7, 11) is 0. The Labute approximate surface area is 163 Å². The third-order valence-corrected chi connectivity index (χ3v) is 4.42. The molecule has 2 aromatic rings. The number of aromatic nitrogens is 2. The molecule has 1 atom stereocenters. The number of carbonyl (C=O) groups is 2. The molecule has 1 fully saturated rings. The van der Waals surface area contributed by atoms with Gasteiger partial charge < -0.3 is 16.0 Å². The van der Waals surface area contributed by atoms with Gasteiger partial charge in [0.05, 0.1) is 11.6 Å². The van der Waals surface area contributed by atoms with Crippen LogP contribution in [0.1, 0.15) is 23.3 Å². The average molecular weight is 396 g/mol. The van der Waals surface area contributed by atoms with E-state index in [1.54, 1.807) is 29.3 Å². The second kappa shape index (κ2) is 9.48. The molecule has 0 aliphatic carbocycles. The maximum Gasteiger partial charge on any atom is 0.274 e. The lowest BCUT2D eigenvalue weighted by Gasteiger charge is -2.31. The van der Waals surface area contributed by atoms with Gasteiger partial charge in [0.15, 0.2) is 5.69 Å². The molecule has 9 heteroatoms. The average Bonchev–Trinajstić information content (AvgIpc) is 3.16. The molecular weight excluding hydrogens is 373 g/mol. The summed E-state index contributed by atoms with van der Waals surface area (Å²) >= 11 is 0.